The van der Waals surface area contributed by atoms with E-state index in [1.165, 1.54) is 42.0 Å². The van der Waals surface area contributed by atoms with Gasteiger partial charge in [0.15, 0.2) is 0 Å². The van der Waals surface area contributed by atoms with E-state index in [1.54, 1.807) is 16.7 Å². The molecule has 172 valence electrons. The Hall–Kier alpha value is -2.61. The number of aliphatic carboxylic acids is 1. The Balaban J connectivity index is 1.45. The fourth-order valence-electron chi connectivity index (χ4n) is 6.55. The van der Waals surface area contributed by atoms with Gasteiger partial charge in [-0.1, -0.05) is 70.2 Å². The van der Waals surface area contributed by atoms with Gasteiger partial charge in [0, 0.05) is 11.5 Å². The van der Waals surface area contributed by atoms with Gasteiger partial charge in [-0.05, 0) is 101 Å². The first-order chi connectivity index (χ1) is 15.4. The molecule has 1 saturated carbocycles. The number of allylic oxidation sites excluding steroid dienone is 3. The van der Waals surface area contributed by atoms with Gasteiger partial charge >= 0.3 is 5.97 Å². The van der Waals surface area contributed by atoms with Crippen LogP contribution in [-0.2, 0) is 21.0 Å². The molecular formula is C31H36O2. The molecule has 5 rings (SSSR count). The van der Waals surface area contributed by atoms with E-state index in [-0.39, 0.29) is 16.2 Å². The first-order valence-electron chi connectivity index (χ1n) is 12.3. The molecule has 0 radical (unpaired) electrons. The van der Waals surface area contributed by atoms with Gasteiger partial charge in [-0.25, -0.2) is 4.79 Å². The van der Waals surface area contributed by atoms with Crippen molar-refractivity contribution in [3.63, 3.8) is 0 Å². The molecule has 33 heavy (non-hydrogen) atoms. The molecule has 3 aliphatic carbocycles. The molecule has 0 heterocycles. The fourth-order valence-corrected chi connectivity index (χ4v) is 6.55. The lowest BCUT2D eigenvalue weighted by Gasteiger charge is -2.43. The zero-order valence-electron chi connectivity index (χ0n) is 20.9. The third-order valence-corrected chi connectivity index (χ3v) is 8.88. The monoisotopic (exact) mass is 440 g/mol. The minimum Gasteiger partial charge on any atom is -0.478 e. The highest BCUT2D eigenvalue weighted by molar-refractivity contribution is 5.89. The zero-order valence-corrected chi connectivity index (χ0v) is 20.9. The van der Waals surface area contributed by atoms with Crippen LogP contribution in [0, 0.1) is 12.8 Å². The average Bonchev–Trinajstić information content (AvgIpc) is 3.36. The van der Waals surface area contributed by atoms with E-state index in [0.29, 0.717) is 5.92 Å². The summed E-state index contributed by atoms with van der Waals surface area (Å²) in [5.74, 6) is -0.305. The van der Waals surface area contributed by atoms with Gasteiger partial charge in [-0.2, -0.15) is 0 Å². The fraction of sp³-hybridized carbons (Fsp3) is 0.452. The normalized spacial score (nSPS) is 26.9. The number of aryl methyl sites for hydroxylation is 1. The maximum Gasteiger partial charge on any atom is 0.328 e. The number of carboxylic acids is 1. The van der Waals surface area contributed by atoms with Gasteiger partial charge in [-0.3, -0.25) is 0 Å². The Bertz CT molecular complexity index is 1210. The quantitative estimate of drug-likeness (QED) is 0.498. The maximum atomic E-state index is 11.0. The van der Waals surface area contributed by atoms with E-state index in [1.807, 2.05) is 6.92 Å². The van der Waals surface area contributed by atoms with Crippen molar-refractivity contribution in [3.8, 4) is 0 Å². The standard InChI is InChI=1S/C31H36O2/c1-19(16-28(32)33)21-7-9-22(10-8-21)23-11-12-31(18-27(23)31)24-17-26-25(15-20(24)2)29(3,4)13-14-30(26,5)6/h7-11,15-17,27H,12-14,18H2,1-6H3,(H,32,33). The molecule has 0 aliphatic heterocycles. The molecule has 1 N–H and O–H groups in total. The number of carbonyl (C=O) groups is 1. The summed E-state index contributed by atoms with van der Waals surface area (Å²) in [6, 6.07) is 13.6. The molecule has 2 nitrogen and oxygen atoms in total. The van der Waals surface area contributed by atoms with Gasteiger partial charge in [0.05, 0.1) is 0 Å². The van der Waals surface area contributed by atoms with E-state index in [4.69, 9.17) is 5.11 Å². The number of hydrogen-bond acceptors (Lipinski definition) is 1. The summed E-state index contributed by atoms with van der Waals surface area (Å²) < 4.78 is 0. The van der Waals surface area contributed by atoms with Gasteiger partial charge in [0.25, 0.3) is 0 Å². The van der Waals surface area contributed by atoms with Crippen molar-refractivity contribution < 1.29 is 9.90 Å². The molecule has 2 heteroatoms. The van der Waals surface area contributed by atoms with Crippen LogP contribution in [0.15, 0.2) is 48.6 Å². The Labute approximate surface area is 198 Å². The number of benzene rings is 2. The summed E-state index contributed by atoms with van der Waals surface area (Å²) in [6.45, 7) is 13.8. The molecule has 0 bridgehead atoms. The summed E-state index contributed by atoms with van der Waals surface area (Å²) in [5.41, 5.74) is 11.4. The number of fused-ring (bicyclic) bond motifs is 2. The lowest BCUT2D eigenvalue weighted by atomic mass is 9.62. The molecule has 2 atom stereocenters. The smallest absolute Gasteiger partial charge is 0.328 e. The highest BCUT2D eigenvalue weighted by atomic mass is 16.4. The predicted octanol–water partition coefficient (Wildman–Crippen LogP) is 7.58. The SMILES string of the molecule is CC(=CC(=O)O)c1ccc(C2=CCC3(c4cc5c(cc4C)C(C)(C)CCC5(C)C)CC23)cc1. The first kappa shape index (κ1) is 22.2. The lowest BCUT2D eigenvalue weighted by molar-refractivity contribution is -0.131. The van der Waals surface area contributed by atoms with Crippen LogP contribution < -0.4 is 0 Å². The predicted molar refractivity (Wildman–Crippen MR) is 137 cm³/mol. The van der Waals surface area contributed by atoms with Crippen LogP contribution in [0.1, 0.15) is 93.7 Å². The molecule has 3 aliphatic rings. The van der Waals surface area contributed by atoms with Crippen LogP contribution in [0.3, 0.4) is 0 Å². The van der Waals surface area contributed by atoms with Crippen molar-refractivity contribution >= 4 is 17.1 Å². The third-order valence-electron chi connectivity index (χ3n) is 8.88. The Kier molecular flexibility index (Phi) is 4.84. The van der Waals surface area contributed by atoms with Crippen LogP contribution in [0.4, 0.5) is 0 Å². The Morgan fingerprint density at radius 3 is 2.15 bits per heavy atom. The number of rotatable bonds is 4. The zero-order chi connectivity index (χ0) is 23.8. The average molecular weight is 441 g/mol. The maximum absolute atomic E-state index is 11.0. The molecule has 2 aromatic rings. The van der Waals surface area contributed by atoms with Gasteiger partial charge in [0.1, 0.15) is 0 Å². The van der Waals surface area contributed by atoms with E-state index in [2.05, 4.69) is 77.1 Å². The van der Waals surface area contributed by atoms with Crippen molar-refractivity contribution in [1.82, 2.24) is 0 Å². The van der Waals surface area contributed by atoms with E-state index in [0.717, 1.165) is 17.6 Å². The molecule has 2 aromatic carbocycles. The van der Waals surface area contributed by atoms with Crippen molar-refractivity contribution in [2.75, 3.05) is 0 Å². The topological polar surface area (TPSA) is 37.3 Å². The van der Waals surface area contributed by atoms with Crippen LogP contribution in [0.5, 0.6) is 0 Å². The minimum absolute atomic E-state index is 0.236. The largest absolute Gasteiger partial charge is 0.478 e. The second-order valence-corrected chi connectivity index (χ2v) is 12.0. The van der Waals surface area contributed by atoms with Crippen molar-refractivity contribution in [2.24, 2.45) is 5.92 Å². The summed E-state index contributed by atoms with van der Waals surface area (Å²) in [7, 11) is 0. The molecule has 0 aromatic heterocycles. The van der Waals surface area contributed by atoms with Crippen LogP contribution in [-0.4, -0.2) is 11.1 Å². The van der Waals surface area contributed by atoms with Gasteiger partial charge < -0.3 is 5.11 Å². The van der Waals surface area contributed by atoms with Crippen LogP contribution in [0.2, 0.25) is 0 Å². The van der Waals surface area contributed by atoms with E-state index < -0.39 is 5.97 Å². The molecule has 0 saturated heterocycles. The molecule has 0 spiro atoms. The summed E-state index contributed by atoms with van der Waals surface area (Å²) in [4.78, 5) is 11.0. The van der Waals surface area contributed by atoms with Crippen molar-refractivity contribution in [1.29, 1.82) is 0 Å². The Morgan fingerprint density at radius 1 is 0.970 bits per heavy atom. The molecule has 2 unspecified atom stereocenters. The summed E-state index contributed by atoms with van der Waals surface area (Å²) in [5, 5.41) is 9.02. The molecule has 1 fully saturated rings. The second kappa shape index (κ2) is 7.19. The minimum atomic E-state index is -0.898. The first-order valence-corrected chi connectivity index (χ1v) is 12.3. The summed E-state index contributed by atoms with van der Waals surface area (Å²) >= 11 is 0. The van der Waals surface area contributed by atoms with E-state index >= 15 is 0 Å². The van der Waals surface area contributed by atoms with Crippen LogP contribution in [0.25, 0.3) is 11.1 Å². The highest BCUT2D eigenvalue weighted by Gasteiger charge is 2.60. The highest BCUT2D eigenvalue weighted by Crippen LogP contribution is 2.67. The molecular weight excluding hydrogens is 404 g/mol. The van der Waals surface area contributed by atoms with Gasteiger partial charge in [0.2, 0.25) is 0 Å². The number of hydrogen-bond donors (Lipinski definition) is 1. The lowest BCUT2D eigenvalue weighted by Crippen LogP contribution is -2.34. The second-order valence-electron chi connectivity index (χ2n) is 12.0. The van der Waals surface area contributed by atoms with E-state index in [9.17, 15) is 4.79 Å². The summed E-state index contributed by atoms with van der Waals surface area (Å²) in [6.07, 6.45) is 8.59. The van der Waals surface area contributed by atoms with Crippen molar-refractivity contribution in [3.05, 3.63) is 81.9 Å². The van der Waals surface area contributed by atoms with Crippen LogP contribution >= 0.6 is 0 Å². The molecule has 0 amide bonds. The third kappa shape index (κ3) is 3.50. The Morgan fingerprint density at radius 2 is 1.58 bits per heavy atom. The van der Waals surface area contributed by atoms with Crippen molar-refractivity contribution in [2.45, 2.75) is 83.5 Å². The van der Waals surface area contributed by atoms with Gasteiger partial charge in [-0.15, -0.1) is 0 Å². The number of carboxylic acid groups (broad SMARTS) is 1.